The lowest BCUT2D eigenvalue weighted by Crippen LogP contribution is -2.29. The predicted molar refractivity (Wildman–Crippen MR) is 62.2 cm³/mol. The van der Waals surface area contributed by atoms with E-state index in [1.807, 2.05) is 0 Å². The highest BCUT2D eigenvalue weighted by molar-refractivity contribution is 4.79. The van der Waals surface area contributed by atoms with Crippen molar-refractivity contribution in [3.05, 3.63) is 12.2 Å². The maximum Gasteiger partial charge on any atom is 0.104 e. The minimum absolute atomic E-state index is 0.309. The molecule has 0 aliphatic rings. The van der Waals surface area contributed by atoms with Gasteiger partial charge in [0, 0.05) is 0 Å². The molecule has 2 N–H and O–H groups in total. The molecule has 0 unspecified atom stereocenters. The Balaban J connectivity index is 3.17. The number of aliphatic hydroxyl groups excluding tert-OH is 1. The van der Waals surface area contributed by atoms with Gasteiger partial charge in [-0.1, -0.05) is 32.4 Å². The van der Waals surface area contributed by atoms with Crippen molar-refractivity contribution in [2.45, 2.75) is 58.6 Å². The first-order chi connectivity index (χ1) is 6.81. The maximum absolute atomic E-state index is 9.50. The van der Waals surface area contributed by atoms with E-state index < -0.39 is 0 Å². The van der Waals surface area contributed by atoms with Crippen LogP contribution in [0.1, 0.15) is 52.4 Å². The zero-order chi connectivity index (χ0) is 10.6. The van der Waals surface area contributed by atoms with Crippen LogP contribution >= 0.6 is 0 Å². The van der Waals surface area contributed by atoms with Gasteiger partial charge < -0.3 is 5.11 Å². The summed E-state index contributed by atoms with van der Waals surface area (Å²) in [5.41, 5.74) is 0. The van der Waals surface area contributed by atoms with Crippen LogP contribution in [0.5, 0.6) is 0 Å². The Kier molecular flexibility index (Phi) is 10.5. The van der Waals surface area contributed by atoms with E-state index in [1.54, 1.807) is 0 Å². The molecule has 0 radical (unpaired) electrons. The van der Waals surface area contributed by atoms with Gasteiger partial charge in [-0.2, -0.15) is 0 Å². The summed E-state index contributed by atoms with van der Waals surface area (Å²) < 4.78 is 0. The first-order valence-electron chi connectivity index (χ1n) is 5.87. The maximum atomic E-state index is 9.50. The molecular formula is C12H25NO. The SMILES string of the molecule is CC/C=C\CCC[C@H](O)NCCCC. The van der Waals surface area contributed by atoms with Crippen LogP contribution in [0.15, 0.2) is 12.2 Å². The zero-order valence-electron chi connectivity index (χ0n) is 9.63. The van der Waals surface area contributed by atoms with Crippen molar-refractivity contribution < 1.29 is 5.11 Å². The van der Waals surface area contributed by atoms with Crippen LogP contribution in [-0.2, 0) is 0 Å². The highest BCUT2D eigenvalue weighted by Gasteiger charge is 2.00. The van der Waals surface area contributed by atoms with E-state index in [2.05, 4.69) is 31.3 Å². The van der Waals surface area contributed by atoms with Gasteiger partial charge in [0.15, 0.2) is 0 Å². The van der Waals surface area contributed by atoms with E-state index in [4.69, 9.17) is 0 Å². The third-order valence-electron chi connectivity index (χ3n) is 2.16. The van der Waals surface area contributed by atoms with Crippen molar-refractivity contribution in [1.29, 1.82) is 0 Å². The molecule has 0 aliphatic carbocycles. The molecule has 1 atom stereocenters. The molecule has 0 aromatic carbocycles. The van der Waals surface area contributed by atoms with Gasteiger partial charge in [-0.3, -0.25) is 5.32 Å². The third kappa shape index (κ3) is 9.75. The summed E-state index contributed by atoms with van der Waals surface area (Å²) in [6, 6.07) is 0. The summed E-state index contributed by atoms with van der Waals surface area (Å²) in [5.74, 6) is 0. The lowest BCUT2D eigenvalue weighted by molar-refractivity contribution is 0.125. The smallest absolute Gasteiger partial charge is 0.104 e. The van der Waals surface area contributed by atoms with Crippen LogP contribution < -0.4 is 5.32 Å². The van der Waals surface area contributed by atoms with E-state index in [1.165, 1.54) is 6.42 Å². The zero-order valence-corrected chi connectivity index (χ0v) is 9.63. The van der Waals surface area contributed by atoms with Crippen LogP contribution in [0.3, 0.4) is 0 Å². The van der Waals surface area contributed by atoms with Crippen molar-refractivity contribution in [2.75, 3.05) is 6.54 Å². The number of allylic oxidation sites excluding steroid dienone is 2. The van der Waals surface area contributed by atoms with Crippen molar-refractivity contribution in [3.8, 4) is 0 Å². The van der Waals surface area contributed by atoms with Gasteiger partial charge in [0.05, 0.1) is 0 Å². The first kappa shape index (κ1) is 13.7. The number of aliphatic hydroxyl groups is 1. The normalized spacial score (nSPS) is 13.6. The molecule has 0 amide bonds. The first-order valence-corrected chi connectivity index (χ1v) is 5.87. The minimum Gasteiger partial charge on any atom is -0.379 e. The van der Waals surface area contributed by atoms with E-state index >= 15 is 0 Å². The second kappa shape index (κ2) is 10.7. The van der Waals surface area contributed by atoms with Crippen molar-refractivity contribution in [1.82, 2.24) is 5.32 Å². The Hall–Kier alpha value is -0.340. The van der Waals surface area contributed by atoms with Crippen LogP contribution in [0.25, 0.3) is 0 Å². The number of hydrogen-bond donors (Lipinski definition) is 2. The number of unbranched alkanes of at least 4 members (excludes halogenated alkanes) is 2. The summed E-state index contributed by atoms with van der Waals surface area (Å²) in [5, 5.41) is 12.6. The van der Waals surface area contributed by atoms with Gasteiger partial charge in [0.25, 0.3) is 0 Å². The molecule has 84 valence electrons. The fourth-order valence-electron chi connectivity index (χ4n) is 1.26. The Morgan fingerprint density at radius 1 is 1.21 bits per heavy atom. The van der Waals surface area contributed by atoms with Crippen LogP contribution in [0, 0.1) is 0 Å². The molecule has 0 saturated heterocycles. The molecule has 0 spiro atoms. The summed E-state index contributed by atoms with van der Waals surface area (Å²) in [6.07, 6.45) is 10.5. The molecule has 0 aliphatic heterocycles. The fraction of sp³-hybridized carbons (Fsp3) is 0.833. The van der Waals surface area contributed by atoms with Crippen LogP contribution in [0.2, 0.25) is 0 Å². The summed E-state index contributed by atoms with van der Waals surface area (Å²) in [4.78, 5) is 0. The van der Waals surface area contributed by atoms with Gasteiger partial charge in [0.1, 0.15) is 6.23 Å². The number of nitrogens with one attached hydrogen (secondary N) is 1. The minimum atomic E-state index is -0.309. The summed E-state index contributed by atoms with van der Waals surface area (Å²) in [6.45, 7) is 5.23. The lowest BCUT2D eigenvalue weighted by Gasteiger charge is -2.11. The quantitative estimate of drug-likeness (QED) is 0.340. The summed E-state index contributed by atoms with van der Waals surface area (Å²) in [7, 11) is 0. The Labute approximate surface area is 88.4 Å². The van der Waals surface area contributed by atoms with Crippen LogP contribution in [0.4, 0.5) is 0 Å². The van der Waals surface area contributed by atoms with E-state index in [0.29, 0.717) is 0 Å². The average Bonchev–Trinajstić information content (AvgIpc) is 2.18. The van der Waals surface area contributed by atoms with Crippen molar-refractivity contribution >= 4 is 0 Å². The topological polar surface area (TPSA) is 32.3 Å². The standard InChI is InChI=1S/C12H25NO/c1-3-5-7-8-9-10-12(14)13-11-6-4-2/h5,7,12-14H,3-4,6,8-11H2,1-2H3/b7-5-/t12-/m0/s1. The Bertz CT molecular complexity index is 134. The number of hydrogen-bond acceptors (Lipinski definition) is 2. The predicted octanol–water partition coefficient (Wildman–Crippen LogP) is 2.83. The molecule has 0 fully saturated rings. The second-order valence-corrected chi connectivity index (χ2v) is 3.63. The molecule has 14 heavy (non-hydrogen) atoms. The second-order valence-electron chi connectivity index (χ2n) is 3.63. The van der Waals surface area contributed by atoms with Crippen LogP contribution in [-0.4, -0.2) is 17.9 Å². The molecule has 0 aromatic heterocycles. The average molecular weight is 199 g/mol. The highest BCUT2D eigenvalue weighted by Crippen LogP contribution is 2.00. The Morgan fingerprint density at radius 3 is 2.64 bits per heavy atom. The van der Waals surface area contributed by atoms with E-state index in [0.717, 1.165) is 38.6 Å². The van der Waals surface area contributed by atoms with Crippen molar-refractivity contribution in [3.63, 3.8) is 0 Å². The van der Waals surface area contributed by atoms with Gasteiger partial charge in [-0.15, -0.1) is 0 Å². The Morgan fingerprint density at radius 2 is 2.00 bits per heavy atom. The van der Waals surface area contributed by atoms with Gasteiger partial charge in [-0.25, -0.2) is 0 Å². The van der Waals surface area contributed by atoms with Gasteiger partial charge in [0.2, 0.25) is 0 Å². The molecule has 0 rings (SSSR count). The lowest BCUT2D eigenvalue weighted by atomic mass is 10.2. The highest BCUT2D eigenvalue weighted by atomic mass is 16.3. The van der Waals surface area contributed by atoms with E-state index in [9.17, 15) is 5.11 Å². The molecule has 0 aromatic rings. The molecule has 2 nitrogen and oxygen atoms in total. The third-order valence-corrected chi connectivity index (χ3v) is 2.16. The van der Waals surface area contributed by atoms with Gasteiger partial charge >= 0.3 is 0 Å². The largest absolute Gasteiger partial charge is 0.379 e. The van der Waals surface area contributed by atoms with Gasteiger partial charge in [-0.05, 0) is 38.6 Å². The molecule has 0 heterocycles. The monoisotopic (exact) mass is 199 g/mol. The number of rotatable bonds is 9. The summed E-state index contributed by atoms with van der Waals surface area (Å²) >= 11 is 0. The molecular weight excluding hydrogens is 174 g/mol. The van der Waals surface area contributed by atoms with E-state index in [-0.39, 0.29) is 6.23 Å². The fourth-order valence-corrected chi connectivity index (χ4v) is 1.26. The van der Waals surface area contributed by atoms with Crippen molar-refractivity contribution in [2.24, 2.45) is 0 Å². The molecule has 2 heteroatoms. The molecule has 0 bridgehead atoms. The molecule has 0 saturated carbocycles.